The van der Waals surface area contributed by atoms with E-state index < -0.39 is 9.84 Å². The monoisotopic (exact) mass is 325 g/mol. The molecule has 0 aromatic heterocycles. The summed E-state index contributed by atoms with van der Waals surface area (Å²) in [5.41, 5.74) is 0. The summed E-state index contributed by atoms with van der Waals surface area (Å²) in [5, 5.41) is 0.998. The molecule has 0 amide bonds. The number of hydrogen-bond donors (Lipinski definition) is 0. The minimum Gasteiger partial charge on any atom is -0.299 e. The maximum atomic E-state index is 11.7. The van der Waals surface area contributed by atoms with Crippen LogP contribution in [-0.4, -0.2) is 49.3 Å². The molecule has 5 heteroatoms. The van der Waals surface area contributed by atoms with Crippen molar-refractivity contribution >= 4 is 25.8 Å². The average Bonchev–Trinajstić information content (AvgIpc) is 2.19. The van der Waals surface area contributed by atoms with Gasteiger partial charge in [-0.2, -0.15) is 0 Å². The van der Waals surface area contributed by atoms with Gasteiger partial charge in [-0.3, -0.25) is 4.90 Å². The highest BCUT2D eigenvalue weighted by molar-refractivity contribution is 9.09. The van der Waals surface area contributed by atoms with Gasteiger partial charge in [0.05, 0.1) is 5.75 Å². The van der Waals surface area contributed by atoms with Gasteiger partial charge in [0.1, 0.15) is 0 Å². The van der Waals surface area contributed by atoms with E-state index in [1.54, 1.807) is 0 Å². The highest BCUT2D eigenvalue weighted by Gasteiger charge is 2.25. The zero-order valence-electron chi connectivity index (χ0n) is 10.7. The minimum absolute atomic E-state index is 0.333. The predicted molar refractivity (Wildman–Crippen MR) is 76.6 cm³/mol. The quantitative estimate of drug-likeness (QED) is 0.611. The van der Waals surface area contributed by atoms with Crippen molar-refractivity contribution in [2.75, 3.05) is 29.9 Å². The van der Waals surface area contributed by atoms with Crippen LogP contribution in [0.15, 0.2) is 0 Å². The fourth-order valence-electron chi connectivity index (χ4n) is 2.16. The molecule has 3 nitrogen and oxygen atoms in total. The lowest BCUT2D eigenvalue weighted by molar-refractivity contribution is 0.135. The number of halogens is 1. The van der Waals surface area contributed by atoms with Crippen molar-refractivity contribution in [2.45, 2.75) is 45.1 Å². The Bertz CT molecular complexity index is 302. The van der Waals surface area contributed by atoms with Crippen LogP contribution in [0.1, 0.15) is 39.0 Å². The summed E-state index contributed by atoms with van der Waals surface area (Å²) in [5.74, 6) is 0.670. The molecule has 0 saturated heterocycles. The van der Waals surface area contributed by atoms with E-state index in [1.807, 2.05) is 6.92 Å². The Morgan fingerprint density at radius 1 is 1.24 bits per heavy atom. The molecule has 0 aromatic carbocycles. The van der Waals surface area contributed by atoms with Crippen molar-refractivity contribution in [3.8, 4) is 0 Å². The Morgan fingerprint density at radius 2 is 1.94 bits per heavy atom. The highest BCUT2D eigenvalue weighted by Crippen LogP contribution is 2.24. The van der Waals surface area contributed by atoms with E-state index in [-0.39, 0.29) is 0 Å². The Morgan fingerprint density at radius 3 is 2.41 bits per heavy atom. The van der Waals surface area contributed by atoms with Gasteiger partial charge in [0.2, 0.25) is 0 Å². The molecule has 0 heterocycles. The van der Waals surface area contributed by atoms with Crippen LogP contribution in [0, 0.1) is 0 Å². The fourth-order valence-corrected chi connectivity index (χ4v) is 3.75. The summed E-state index contributed by atoms with van der Waals surface area (Å²) in [6, 6.07) is 0.644. The Labute approximate surface area is 114 Å². The molecule has 17 heavy (non-hydrogen) atoms. The molecular weight excluding hydrogens is 302 g/mol. The molecule has 1 fully saturated rings. The van der Waals surface area contributed by atoms with Crippen molar-refractivity contribution in [1.82, 2.24) is 4.90 Å². The molecule has 0 unspecified atom stereocenters. The Balaban J connectivity index is 2.37. The SMILES string of the molecule is CCCS(=O)(=O)CCN(CCCBr)C1CCC1. The van der Waals surface area contributed by atoms with E-state index in [1.165, 1.54) is 19.3 Å². The van der Waals surface area contributed by atoms with Gasteiger partial charge in [-0.15, -0.1) is 0 Å². The highest BCUT2D eigenvalue weighted by atomic mass is 79.9. The van der Waals surface area contributed by atoms with E-state index in [0.29, 0.717) is 17.5 Å². The van der Waals surface area contributed by atoms with Crippen LogP contribution in [0.4, 0.5) is 0 Å². The van der Waals surface area contributed by atoms with Gasteiger partial charge in [0.25, 0.3) is 0 Å². The summed E-state index contributed by atoms with van der Waals surface area (Å²) in [6.45, 7) is 3.67. The second-order valence-corrected chi connectivity index (χ2v) is 7.91. The second-order valence-electron chi connectivity index (χ2n) is 4.82. The van der Waals surface area contributed by atoms with E-state index in [2.05, 4.69) is 20.8 Å². The minimum atomic E-state index is -2.82. The predicted octanol–water partition coefficient (Wildman–Crippen LogP) is 2.45. The van der Waals surface area contributed by atoms with Crippen LogP contribution >= 0.6 is 15.9 Å². The van der Waals surface area contributed by atoms with Gasteiger partial charge in [-0.25, -0.2) is 8.42 Å². The lowest BCUT2D eigenvalue weighted by Crippen LogP contribution is -2.43. The third-order valence-corrected chi connectivity index (χ3v) is 5.77. The summed E-state index contributed by atoms with van der Waals surface area (Å²) < 4.78 is 23.4. The largest absolute Gasteiger partial charge is 0.299 e. The number of sulfone groups is 1. The average molecular weight is 326 g/mol. The zero-order valence-corrected chi connectivity index (χ0v) is 13.1. The van der Waals surface area contributed by atoms with Crippen LogP contribution in [0.25, 0.3) is 0 Å². The first-order valence-electron chi connectivity index (χ1n) is 6.59. The van der Waals surface area contributed by atoms with Crippen LogP contribution in [0.2, 0.25) is 0 Å². The number of rotatable bonds is 9. The summed E-state index contributed by atoms with van der Waals surface area (Å²) in [7, 11) is -2.82. The topological polar surface area (TPSA) is 37.4 Å². The smallest absolute Gasteiger partial charge is 0.151 e. The second kappa shape index (κ2) is 7.74. The first-order valence-corrected chi connectivity index (χ1v) is 9.54. The molecule has 1 rings (SSSR count). The van der Waals surface area contributed by atoms with Crippen molar-refractivity contribution in [1.29, 1.82) is 0 Å². The van der Waals surface area contributed by atoms with E-state index in [0.717, 1.165) is 31.3 Å². The molecule has 1 saturated carbocycles. The van der Waals surface area contributed by atoms with E-state index in [9.17, 15) is 8.42 Å². The Hall–Kier alpha value is 0.390. The molecule has 0 spiro atoms. The van der Waals surface area contributed by atoms with Gasteiger partial charge in [0, 0.05) is 23.7 Å². The maximum absolute atomic E-state index is 11.7. The van der Waals surface area contributed by atoms with Crippen molar-refractivity contribution in [3.05, 3.63) is 0 Å². The third-order valence-electron chi connectivity index (χ3n) is 3.37. The molecule has 102 valence electrons. The lowest BCUT2D eigenvalue weighted by atomic mass is 9.91. The van der Waals surface area contributed by atoms with E-state index in [4.69, 9.17) is 0 Å². The standard InChI is InChI=1S/C12H24BrNO2S/c1-2-10-17(15,16)11-9-14(8-4-7-13)12-5-3-6-12/h12H,2-11H2,1H3. The van der Waals surface area contributed by atoms with Crippen LogP contribution < -0.4 is 0 Å². The lowest BCUT2D eigenvalue weighted by Gasteiger charge is -2.37. The van der Waals surface area contributed by atoms with Gasteiger partial charge in [-0.05, 0) is 32.2 Å². The molecule has 0 aliphatic heterocycles. The maximum Gasteiger partial charge on any atom is 0.151 e. The first kappa shape index (κ1) is 15.4. The summed E-state index contributed by atoms with van der Waals surface area (Å²) in [4.78, 5) is 2.37. The molecule has 0 radical (unpaired) electrons. The molecular formula is C12H24BrNO2S. The molecule has 0 bridgehead atoms. The number of hydrogen-bond acceptors (Lipinski definition) is 3. The van der Waals surface area contributed by atoms with Crippen LogP contribution in [0.3, 0.4) is 0 Å². The molecule has 1 aliphatic rings. The Kier molecular flexibility index (Phi) is 7.04. The molecule has 0 atom stereocenters. The molecule has 0 aromatic rings. The molecule has 1 aliphatic carbocycles. The number of nitrogens with zero attached hydrogens (tertiary/aromatic N) is 1. The fraction of sp³-hybridized carbons (Fsp3) is 1.00. The van der Waals surface area contributed by atoms with E-state index >= 15 is 0 Å². The summed E-state index contributed by atoms with van der Waals surface area (Å²) in [6.07, 6.45) is 5.63. The number of alkyl halides is 1. The zero-order chi connectivity index (χ0) is 12.7. The van der Waals surface area contributed by atoms with Gasteiger partial charge in [-0.1, -0.05) is 29.3 Å². The van der Waals surface area contributed by atoms with Crippen molar-refractivity contribution in [3.63, 3.8) is 0 Å². The summed E-state index contributed by atoms with van der Waals surface area (Å²) >= 11 is 3.44. The van der Waals surface area contributed by atoms with Crippen LogP contribution in [0.5, 0.6) is 0 Å². The van der Waals surface area contributed by atoms with Gasteiger partial charge in [0.15, 0.2) is 9.84 Å². The van der Waals surface area contributed by atoms with Crippen molar-refractivity contribution in [2.24, 2.45) is 0 Å². The van der Waals surface area contributed by atoms with Gasteiger partial charge >= 0.3 is 0 Å². The van der Waals surface area contributed by atoms with Crippen LogP contribution in [-0.2, 0) is 9.84 Å². The normalized spacial score (nSPS) is 17.4. The van der Waals surface area contributed by atoms with Crippen molar-refractivity contribution < 1.29 is 8.42 Å². The first-order chi connectivity index (χ1) is 8.09. The van der Waals surface area contributed by atoms with Gasteiger partial charge < -0.3 is 0 Å². The molecule has 0 N–H and O–H groups in total. The third kappa shape index (κ3) is 5.71.